The summed E-state index contributed by atoms with van der Waals surface area (Å²) in [5.41, 5.74) is 1.22. The molecule has 0 radical (unpaired) electrons. The van der Waals surface area contributed by atoms with Crippen LogP contribution in [-0.4, -0.2) is 10.2 Å². The van der Waals surface area contributed by atoms with Crippen molar-refractivity contribution in [3.05, 3.63) is 47.7 Å². The van der Waals surface area contributed by atoms with Crippen molar-refractivity contribution in [3.63, 3.8) is 0 Å². The van der Waals surface area contributed by atoms with Gasteiger partial charge in [0.05, 0.1) is 0 Å². The van der Waals surface area contributed by atoms with Gasteiger partial charge in [-0.2, -0.15) is 0 Å². The largest absolute Gasteiger partial charge is 0.423 e. The Morgan fingerprint density at radius 2 is 2.00 bits per heavy atom. The van der Waals surface area contributed by atoms with E-state index in [1.807, 2.05) is 30.3 Å². The highest BCUT2D eigenvalue weighted by atomic mass is 35.5. The van der Waals surface area contributed by atoms with Gasteiger partial charge in [-0.15, -0.1) is 21.8 Å². The molecule has 1 fully saturated rings. The molecule has 0 aliphatic heterocycles. The summed E-state index contributed by atoms with van der Waals surface area (Å²) >= 11 is 6.43. The highest BCUT2D eigenvalue weighted by Gasteiger charge is 2.39. The molecular formula is C16H19ClN2O. The van der Waals surface area contributed by atoms with E-state index in [9.17, 15) is 0 Å². The van der Waals surface area contributed by atoms with Crippen LogP contribution in [0.15, 0.2) is 34.7 Å². The van der Waals surface area contributed by atoms with E-state index >= 15 is 0 Å². The Kier molecular flexibility index (Phi) is 3.55. The van der Waals surface area contributed by atoms with Crippen LogP contribution in [-0.2, 0) is 0 Å². The van der Waals surface area contributed by atoms with E-state index in [1.165, 1.54) is 12.8 Å². The molecule has 2 unspecified atom stereocenters. The topological polar surface area (TPSA) is 38.9 Å². The van der Waals surface area contributed by atoms with Gasteiger partial charge in [0, 0.05) is 5.92 Å². The maximum Gasteiger partial charge on any atom is 0.238 e. The number of rotatable bonds is 3. The first-order valence-electron chi connectivity index (χ1n) is 7.10. The number of aromatic nitrogens is 2. The number of hydrogen-bond donors (Lipinski definition) is 0. The van der Waals surface area contributed by atoms with Gasteiger partial charge in [-0.25, -0.2) is 0 Å². The van der Waals surface area contributed by atoms with Crippen molar-refractivity contribution in [1.29, 1.82) is 0 Å². The quantitative estimate of drug-likeness (QED) is 0.770. The van der Waals surface area contributed by atoms with E-state index in [-0.39, 0.29) is 10.8 Å². The van der Waals surface area contributed by atoms with Crippen molar-refractivity contribution in [2.24, 2.45) is 5.41 Å². The molecule has 3 rings (SSSR count). The van der Waals surface area contributed by atoms with Gasteiger partial charge in [0.2, 0.25) is 11.8 Å². The molecule has 3 nitrogen and oxygen atoms in total. The van der Waals surface area contributed by atoms with Crippen molar-refractivity contribution in [2.75, 3.05) is 0 Å². The summed E-state index contributed by atoms with van der Waals surface area (Å²) in [7, 11) is 0. The Hall–Kier alpha value is -1.35. The van der Waals surface area contributed by atoms with Gasteiger partial charge in [0.1, 0.15) is 5.38 Å². The lowest BCUT2D eigenvalue weighted by atomic mass is 9.82. The first-order valence-corrected chi connectivity index (χ1v) is 7.54. The van der Waals surface area contributed by atoms with Gasteiger partial charge in [-0.3, -0.25) is 0 Å². The minimum Gasteiger partial charge on any atom is -0.423 e. The van der Waals surface area contributed by atoms with Gasteiger partial charge < -0.3 is 4.42 Å². The van der Waals surface area contributed by atoms with E-state index in [0.29, 0.717) is 11.8 Å². The van der Waals surface area contributed by atoms with E-state index in [4.69, 9.17) is 16.0 Å². The number of benzene rings is 1. The van der Waals surface area contributed by atoms with Gasteiger partial charge in [-0.1, -0.05) is 50.6 Å². The summed E-state index contributed by atoms with van der Waals surface area (Å²) in [6, 6.07) is 9.83. The summed E-state index contributed by atoms with van der Waals surface area (Å²) in [6.45, 7) is 4.54. The molecule has 1 aliphatic carbocycles. The van der Waals surface area contributed by atoms with Crippen molar-refractivity contribution >= 4 is 11.6 Å². The SMILES string of the molecule is CC1(C)CCCC1c1nnc(C(Cl)c2ccccc2)o1. The minimum atomic E-state index is -0.373. The molecule has 1 heterocycles. The monoisotopic (exact) mass is 290 g/mol. The van der Waals surface area contributed by atoms with Crippen molar-refractivity contribution < 1.29 is 4.42 Å². The highest BCUT2D eigenvalue weighted by Crippen LogP contribution is 2.48. The second-order valence-electron chi connectivity index (χ2n) is 6.19. The average molecular weight is 291 g/mol. The maximum atomic E-state index is 6.43. The van der Waals surface area contributed by atoms with Gasteiger partial charge >= 0.3 is 0 Å². The Morgan fingerprint density at radius 1 is 1.25 bits per heavy atom. The number of alkyl halides is 1. The van der Waals surface area contributed by atoms with Crippen LogP contribution in [0.2, 0.25) is 0 Å². The lowest BCUT2D eigenvalue weighted by Gasteiger charge is -2.23. The van der Waals surface area contributed by atoms with Crippen molar-refractivity contribution in [2.45, 2.75) is 44.4 Å². The fourth-order valence-electron chi connectivity index (χ4n) is 3.04. The fraction of sp³-hybridized carbons (Fsp3) is 0.500. The molecule has 1 aromatic heterocycles. The molecule has 0 N–H and O–H groups in total. The molecule has 2 atom stereocenters. The average Bonchev–Trinajstić information content (AvgIpc) is 3.04. The van der Waals surface area contributed by atoms with E-state index < -0.39 is 0 Å². The van der Waals surface area contributed by atoms with E-state index in [0.717, 1.165) is 17.9 Å². The normalized spacial score (nSPS) is 22.9. The molecule has 0 spiro atoms. The molecule has 4 heteroatoms. The van der Waals surface area contributed by atoms with Crippen LogP contribution in [0.4, 0.5) is 0 Å². The number of hydrogen-bond acceptors (Lipinski definition) is 3. The predicted octanol–water partition coefficient (Wildman–Crippen LogP) is 4.69. The molecule has 0 saturated heterocycles. The Balaban J connectivity index is 1.84. The zero-order valence-electron chi connectivity index (χ0n) is 11.8. The van der Waals surface area contributed by atoms with Crippen LogP contribution in [0.25, 0.3) is 0 Å². The lowest BCUT2D eigenvalue weighted by molar-refractivity contribution is 0.281. The zero-order valence-corrected chi connectivity index (χ0v) is 12.6. The molecule has 20 heavy (non-hydrogen) atoms. The second kappa shape index (κ2) is 5.21. The molecular weight excluding hydrogens is 272 g/mol. The van der Waals surface area contributed by atoms with Gasteiger partial charge in [-0.05, 0) is 23.8 Å². The summed E-state index contributed by atoms with van der Waals surface area (Å²) in [5.74, 6) is 1.59. The molecule has 1 saturated carbocycles. The molecule has 0 amide bonds. The van der Waals surface area contributed by atoms with E-state index in [2.05, 4.69) is 24.0 Å². The molecule has 1 aliphatic rings. The maximum absolute atomic E-state index is 6.43. The number of nitrogens with zero attached hydrogens (tertiary/aromatic N) is 2. The van der Waals surface area contributed by atoms with Crippen molar-refractivity contribution in [1.82, 2.24) is 10.2 Å². The number of halogens is 1. The lowest BCUT2D eigenvalue weighted by Crippen LogP contribution is -2.15. The molecule has 106 valence electrons. The van der Waals surface area contributed by atoms with Gasteiger partial charge in [0.25, 0.3) is 0 Å². The Bertz CT molecular complexity index is 579. The third-order valence-corrected chi connectivity index (χ3v) is 4.76. The standard InChI is InChI=1S/C16H19ClN2O/c1-16(2)10-6-9-12(16)14-18-19-15(20-14)13(17)11-7-4-3-5-8-11/h3-5,7-8,12-13H,6,9-10H2,1-2H3. The van der Waals surface area contributed by atoms with Crippen LogP contribution in [0.3, 0.4) is 0 Å². The fourth-order valence-corrected chi connectivity index (χ4v) is 3.27. The summed E-state index contributed by atoms with van der Waals surface area (Å²) < 4.78 is 5.87. The van der Waals surface area contributed by atoms with Crippen LogP contribution in [0.1, 0.15) is 61.7 Å². The first kappa shape index (κ1) is 13.6. The summed E-state index contributed by atoms with van der Waals surface area (Å²) in [5, 5.41) is 8.02. The zero-order chi connectivity index (χ0) is 14.2. The molecule has 1 aromatic carbocycles. The Labute approximate surface area is 124 Å². The summed E-state index contributed by atoms with van der Waals surface area (Å²) in [6.07, 6.45) is 3.55. The summed E-state index contributed by atoms with van der Waals surface area (Å²) in [4.78, 5) is 0. The van der Waals surface area contributed by atoms with Crippen molar-refractivity contribution in [3.8, 4) is 0 Å². The van der Waals surface area contributed by atoms with Crippen LogP contribution in [0, 0.1) is 5.41 Å². The van der Waals surface area contributed by atoms with Gasteiger partial charge in [0.15, 0.2) is 0 Å². The molecule has 0 bridgehead atoms. The highest BCUT2D eigenvalue weighted by molar-refractivity contribution is 6.22. The van der Waals surface area contributed by atoms with E-state index in [1.54, 1.807) is 0 Å². The van der Waals surface area contributed by atoms with Crippen LogP contribution in [0.5, 0.6) is 0 Å². The second-order valence-corrected chi connectivity index (χ2v) is 6.62. The minimum absolute atomic E-state index is 0.234. The third kappa shape index (κ3) is 2.47. The molecule has 2 aromatic rings. The van der Waals surface area contributed by atoms with Crippen LogP contribution < -0.4 is 0 Å². The Morgan fingerprint density at radius 3 is 2.65 bits per heavy atom. The predicted molar refractivity (Wildman–Crippen MR) is 78.8 cm³/mol. The third-order valence-electron chi connectivity index (χ3n) is 4.32. The first-order chi connectivity index (χ1) is 9.58. The van der Waals surface area contributed by atoms with Crippen LogP contribution >= 0.6 is 11.6 Å². The smallest absolute Gasteiger partial charge is 0.238 e.